The molecular formula is C18H22N2O3S2. The lowest BCUT2D eigenvalue weighted by Gasteiger charge is -2.16. The summed E-state index contributed by atoms with van der Waals surface area (Å²) in [6.07, 6.45) is 2.59. The Morgan fingerprint density at radius 2 is 1.92 bits per heavy atom. The van der Waals surface area contributed by atoms with Crippen molar-refractivity contribution in [3.63, 3.8) is 0 Å². The Labute approximate surface area is 153 Å². The molecule has 2 aromatic carbocycles. The molecule has 0 bridgehead atoms. The van der Waals surface area contributed by atoms with E-state index in [0.29, 0.717) is 11.4 Å². The minimum Gasteiger partial charge on any atom is -0.325 e. The van der Waals surface area contributed by atoms with Gasteiger partial charge in [-0.2, -0.15) is 0 Å². The maximum Gasteiger partial charge on any atom is 0.261 e. The average molecular weight is 379 g/mol. The number of sulfonamides is 1. The van der Waals surface area contributed by atoms with Crippen LogP contribution in [0.5, 0.6) is 0 Å². The molecule has 0 atom stereocenters. The Morgan fingerprint density at radius 1 is 1.20 bits per heavy atom. The molecule has 2 aromatic rings. The first-order valence-electron chi connectivity index (χ1n) is 7.85. The molecule has 0 aliphatic rings. The lowest BCUT2D eigenvalue weighted by atomic mass is 10.1. The van der Waals surface area contributed by atoms with Crippen LogP contribution in [-0.4, -0.2) is 20.6 Å². The molecule has 2 N–H and O–H groups in total. The van der Waals surface area contributed by atoms with Crippen molar-refractivity contribution >= 4 is 39.1 Å². The van der Waals surface area contributed by atoms with Gasteiger partial charge in [0.05, 0.1) is 16.3 Å². The first-order valence-corrected chi connectivity index (χ1v) is 10.6. The molecule has 0 fully saturated rings. The predicted octanol–water partition coefficient (Wildman–Crippen LogP) is 4.04. The van der Waals surface area contributed by atoms with Gasteiger partial charge in [0.2, 0.25) is 5.91 Å². The molecule has 134 valence electrons. The van der Waals surface area contributed by atoms with Gasteiger partial charge in [-0.3, -0.25) is 9.52 Å². The minimum absolute atomic E-state index is 0.111. The third kappa shape index (κ3) is 4.55. The number of carbonyl (C=O) groups excluding carboxylic acids is 1. The molecule has 0 saturated heterocycles. The molecule has 5 nitrogen and oxygen atoms in total. The Kier molecular flexibility index (Phi) is 6.13. The standard InChI is InChI=1S/C18H22N2O3S2/c1-5-14-8-6-7-12(2)18(14)20-25(22,23)15-9-10-17(24-4)16(11-15)19-13(3)21/h6-11,20H,5H2,1-4H3,(H,19,21). The van der Waals surface area contributed by atoms with E-state index in [9.17, 15) is 13.2 Å². The highest BCUT2D eigenvalue weighted by Gasteiger charge is 2.19. The molecule has 2 rings (SSSR count). The van der Waals surface area contributed by atoms with Gasteiger partial charge in [-0.25, -0.2) is 8.42 Å². The molecule has 0 spiro atoms. The van der Waals surface area contributed by atoms with E-state index in [-0.39, 0.29) is 10.8 Å². The van der Waals surface area contributed by atoms with E-state index in [0.717, 1.165) is 22.4 Å². The first kappa shape index (κ1) is 19.3. The van der Waals surface area contributed by atoms with Crippen molar-refractivity contribution < 1.29 is 13.2 Å². The van der Waals surface area contributed by atoms with Crippen molar-refractivity contribution in [2.45, 2.75) is 37.0 Å². The van der Waals surface area contributed by atoms with Crippen molar-refractivity contribution in [1.82, 2.24) is 0 Å². The zero-order valence-electron chi connectivity index (χ0n) is 14.7. The van der Waals surface area contributed by atoms with Crippen LogP contribution in [0.15, 0.2) is 46.2 Å². The van der Waals surface area contributed by atoms with Crippen LogP contribution in [0.4, 0.5) is 11.4 Å². The molecule has 1 amide bonds. The number of rotatable bonds is 6. The Morgan fingerprint density at radius 3 is 2.52 bits per heavy atom. The number of benzene rings is 2. The maximum absolute atomic E-state index is 12.8. The number of thioether (sulfide) groups is 1. The van der Waals surface area contributed by atoms with Gasteiger partial charge in [0, 0.05) is 11.8 Å². The summed E-state index contributed by atoms with van der Waals surface area (Å²) in [6.45, 7) is 5.25. The largest absolute Gasteiger partial charge is 0.325 e. The Bertz CT molecular complexity index is 893. The Hall–Kier alpha value is -1.99. The van der Waals surface area contributed by atoms with Gasteiger partial charge in [0.1, 0.15) is 0 Å². The topological polar surface area (TPSA) is 75.3 Å². The molecule has 25 heavy (non-hydrogen) atoms. The molecule has 0 saturated carbocycles. The third-order valence-electron chi connectivity index (χ3n) is 3.77. The second-order valence-electron chi connectivity index (χ2n) is 5.61. The van der Waals surface area contributed by atoms with Crippen LogP contribution in [0, 0.1) is 6.92 Å². The monoisotopic (exact) mass is 378 g/mol. The van der Waals surface area contributed by atoms with Crippen LogP contribution in [-0.2, 0) is 21.2 Å². The molecule has 0 radical (unpaired) electrons. The Balaban J connectivity index is 2.45. The second-order valence-corrected chi connectivity index (χ2v) is 8.14. The van der Waals surface area contributed by atoms with E-state index in [1.165, 1.54) is 24.8 Å². The number of carbonyl (C=O) groups is 1. The van der Waals surface area contributed by atoms with Gasteiger partial charge in [-0.15, -0.1) is 11.8 Å². The van der Waals surface area contributed by atoms with Crippen molar-refractivity contribution in [1.29, 1.82) is 0 Å². The minimum atomic E-state index is -3.76. The zero-order chi connectivity index (χ0) is 18.6. The number of hydrogen-bond acceptors (Lipinski definition) is 4. The summed E-state index contributed by atoms with van der Waals surface area (Å²) in [4.78, 5) is 12.3. The number of para-hydroxylation sites is 1. The van der Waals surface area contributed by atoms with E-state index in [4.69, 9.17) is 0 Å². The highest BCUT2D eigenvalue weighted by atomic mass is 32.2. The molecule has 7 heteroatoms. The summed E-state index contributed by atoms with van der Waals surface area (Å²) >= 11 is 1.44. The van der Waals surface area contributed by atoms with Crippen LogP contribution < -0.4 is 10.0 Å². The number of aryl methyl sites for hydroxylation is 2. The highest BCUT2D eigenvalue weighted by molar-refractivity contribution is 7.98. The highest BCUT2D eigenvalue weighted by Crippen LogP contribution is 2.30. The van der Waals surface area contributed by atoms with Crippen molar-refractivity contribution in [3.05, 3.63) is 47.5 Å². The lowest BCUT2D eigenvalue weighted by molar-refractivity contribution is -0.114. The van der Waals surface area contributed by atoms with E-state index in [1.54, 1.807) is 12.1 Å². The summed E-state index contributed by atoms with van der Waals surface area (Å²) in [6, 6.07) is 10.4. The van der Waals surface area contributed by atoms with Gasteiger partial charge in [-0.05, 0) is 48.9 Å². The van der Waals surface area contributed by atoms with Crippen molar-refractivity contribution in [2.75, 3.05) is 16.3 Å². The van der Waals surface area contributed by atoms with Crippen molar-refractivity contribution in [2.24, 2.45) is 0 Å². The molecule has 0 aromatic heterocycles. The lowest BCUT2D eigenvalue weighted by Crippen LogP contribution is -2.16. The van der Waals surface area contributed by atoms with E-state index in [1.807, 2.05) is 38.3 Å². The number of anilines is 2. The normalized spacial score (nSPS) is 11.2. The van der Waals surface area contributed by atoms with Crippen LogP contribution in [0.2, 0.25) is 0 Å². The number of amides is 1. The fourth-order valence-corrected chi connectivity index (χ4v) is 4.24. The fraction of sp³-hybridized carbons (Fsp3) is 0.278. The van der Waals surface area contributed by atoms with Gasteiger partial charge in [0.15, 0.2) is 0 Å². The average Bonchev–Trinajstić information content (AvgIpc) is 2.56. The van der Waals surface area contributed by atoms with E-state index >= 15 is 0 Å². The van der Waals surface area contributed by atoms with Gasteiger partial charge in [0.25, 0.3) is 10.0 Å². The molecular weight excluding hydrogens is 356 g/mol. The maximum atomic E-state index is 12.8. The predicted molar refractivity (Wildman–Crippen MR) is 104 cm³/mol. The molecule has 0 aliphatic heterocycles. The fourth-order valence-electron chi connectivity index (χ4n) is 2.50. The molecule has 0 unspecified atom stereocenters. The van der Waals surface area contributed by atoms with E-state index in [2.05, 4.69) is 10.0 Å². The third-order valence-corrected chi connectivity index (χ3v) is 5.91. The van der Waals surface area contributed by atoms with Crippen LogP contribution in [0.1, 0.15) is 25.0 Å². The summed E-state index contributed by atoms with van der Waals surface area (Å²) in [5.41, 5.74) is 2.90. The summed E-state index contributed by atoms with van der Waals surface area (Å²) in [5.74, 6) is -0.245. The zero-order valence-corrected chi connectivity index (χ0v) is 16.3. The first-order chi connectivity index (χ1) is 11.8. The van der Waals surface area contributed by atoms with Crippen LogP contribution in [0.25, 0.3) is 0 Å². The molecule has 0 aliphatic carbocycles. The van der Waals surface area contributed by atoms with Crippen molar-refractivity contribution in [3.8, 4) is 0 Å². The van der Waals surface area contributed by atoms with Gasteiger partial charge in [-0.1, -0.05) is 25.1 Å². The smallest absolute Gasteiger partial charge is 0.261 e. The number of nitrogens with one attached hydrogen (secondary N) is 2. The number of hydrogen-bond donors (Lipinski definition) is 2. The van der Waals surface area contributed by atoms with Crippen LogP contribution >= 0.6 is 11.8 Å². The van der Waals surface area contributed by atoms with Crippen LogP contribution in [0.3, 0.4) is 0 Å². The molecule has 0 heterocycles. The summed E-state index contributed by atoms with van der Waals surface area (Å²) < 4.78 is 28.4. The second kappa shape index (κ2) is 7.93. The summed E-state index contributed by atoms with van der Waals surface area (Å²) in [7, 11) is -3.76. The summed E-state index contributed by atoms with van der Waals surface area (Å²) in [5, 5.41) is 2.68. The van der Waals surface area contributed by atoms with Gasteiger partial charge >= 0.3 is 0 Å². The van der Waals surface area contributed by atoms with Gasteiger partial charge < -0.3 is 5.32 Å². The van der Waals surface area contributed by atoms with E-state index < -0.39 is 10.0 Å². The SMILES string of the molecule is CCc1cccc(C)c1NS(=O)(=O)c1ccc(SC)c(NC(C)=O)c1. The quantitative estimate of drug-likeness (QED) is 0.744.